The van der Waals surface area contributed by atoms with E-state index >= 15 is 0 Å². The van der Waals surface area contributed by atoms with E-state index in [1.807, 2.05) is 6.92 Å². The van der Waals surface area contributed by atoms with Gasteiger partial charge >= 0.3 is 0 Å². The van der Waals surface area contributed by atoms with Gasteiger partial charge in [-0.1, -0.05) is 18.2 Å². The van der Waals surface area contributed by atoms with Crippen molar-refractivity contribution >= 4 is 11.6 Å². The van der Waals surface area contributed by atoms with Crippen LogP contribution in [0.1, 0.15) is 31.0 Å². The third kappa shape index (κ3) is 5.23. The maximum absolute atomic E-state index is 13.4. The highest BCUT2D eigenvalue weighted by atomic mass is 19.2. The number of nitro groups is 1. The molecule has 0 heterocycles. The van der Waals surface area contributed by atoms with Gasteiger partial charge in [0, 0.05) is 18.7 Å². The number of rotatable bonds is 6. The minimum absolute atomic E-state index is 0.00538. The maximum atomic E-state index is 13.4. The summed E-state index contributed by atoms with van der Waals surface area (Å²) in [7, 11) is 0. The van der Waals surface area contributed by atoms with Crippen molar-refractivity contribution in [3.8, 4) is 0 Å². The van der Waals surface area contributed by atoms with E-state index in [9.17, 15) is 18.9 Å². The summed E-state index contributed by atoms with van der Waals surface area (Å²) in [5.41, 5.74) is 1.27. The normalized spacial score (nSPS) is 12.5. The summed E-state index contributed by atoms with van der Waals surface area (Å²) in [6.07, 6.45) is 0. The highest BCUT2D eigenvalue weighted by Gasteiger charge is 2.11. The zero-order chi connectivity index (χ0) is 19.1. The van der Waals surface area contributed by atoms with Crippen LogP contribution < -0.4 is 10.6 Å². The Morgan fingerprint density at radius 3 is 2.65 bits per heavy atom. The highest BCUT2D eigenvalue weighted by molar-refractivity contribution is 5.80. The van der Waals surface area contributed by atoms with Crippen molar-refractivity contribution < 1.29 is 13.7 Å². The first-order valence-corrected chi connectivity index (χ1v) is 8.13. The van der Waals surface area contributed by atoms with Crippen LogP contribution in [0.25, 0.3) is 0 Å². The number of benzene rings is 2. The van der Waals surface area contributed by atoms with E-state index < -0.39 is 16.6 Å². The molecule has 2 N–H and O–H groups in total. The average molecular weight is 362 g/mol. The lowest BCUT2D eigenvalue weighted by atomic mass is 10.1. The van der Waals surface area contributed by atoms with E-state index in [-0.39, 0.29) is 18.3 Å². The van der Waals surface area contributed by atoms with Crippen LogP contribution in [0.2, 0.25) is 0 Å². The summed E-state index contributed by atoms with van der Waals surface area (Å²) in [4.78, 5) is 14.8. The summed E-state index contributed by atoms with van der Waals surface area (Å²) < 4.78 is 26.5. The van der Waals surface area contributed by atoms with E-state index in [0.29, 0.717) is 23.6 Å². The van der Waals surface area contributed by atoms with Crippen LogP contribution in [0.4, 0.5) is 14.5 Å². The lowest BCUT2D eigenvalue weighted by molar-refractivity contribution is -0.384. The Balaban J connectivity index is 2.11. The molecule has 0 amide bonds. The van der Waals surface area contributed by atoms with Gasteiger partial charge in [0.15, 0.2) is 17.6 Å². The van der Waals surface area contributed by atoms with Crippen molar-refractivity contribution in [2.24, 2.45) is 4.99 Å². The summed E-state index contributed by atoms with van der Waals surface area (Å²) in [6.45, 7) is 4.53. The van der Waals surface area contributed by atoms with Crippen molar-refractivity contribution in [3.63, 3.8) is 0 Å². The second-order valence-electron chi connectivity index (χ2n) is 5.66. The van der Waals surface area contributed by atoms with Crippen LogP contribution in [0.5, 0.6) is 0 Å². The topological polar surface area (TPSA) is 79.6 Å². The minimum atomic E-state index is -0.908. The number of hydrogen-bond acceptors (Lipinski definition) is 3. The summed E-state index contributed by atoms with van der Waals surface area (Å²) in [5, 5.41) is 17.0. The molecule has 6 nitrogen and oxygen atoms in total. The number of nitrogens with zero attached hydrogens (tertiary/aromatic N) is 2. The van der Waals surface area contributed by atoms with Gasteiger partial charge in [0.2, 0.25) is 0 Å². The van der Waals surface area contributed by atoms with Crippen LogP contribution in [0, 0.1) is 21.7 Å². The number of guanidine groups is 1. The number of nitrogens with one attached hydrogen (secondary N) is 2. The second-order valence-corrected chi connectivity index (χ2v) is 5.66. The molecule has 8 heteroatoms. The molecule has 26 heavy (non-hydrogen) atoms. The number of nitro benzene ring substituents is 1. The molecule has 0 aliphatic rings. The third-order valence-electron chi connectivity index (χ3n) is 3.68. The molecule has 2 rings (SSSR count). The van der Waals surface area contributed by atoms with Crippen LogP contribution in [0.3, 0.4) is 0 Å². The van der Waals surface area contributed by atoms with E-state index in [1.54, 1.807) is 19.1 Å². The Kier molecular flexibility index (Phi) is 6.60. The van der Waals surface area contributed by atoms with Gasteiger partial charge in [0.05, 0.1) is 17.5 Å². The zero-order valence-corrected chi connectivity index (χ0v) is 14.5. The zero-order valence-electron chi connectivity index (χ0n) is 14.5. The molecule has 2 aromatic rings. The van der Waals surface area contributed by atoms with Gasteiger partial charge in [-0.15, -0.1) is 0 Å². The summed E-state index contributed by atoms with van der Waals surface area (Å²) in [6, 6.07) is 9.64. The maximum Gasteiger partial charge on any atom is 0.269 e. The Morgan fingerprint density at radius 1 is 1.23 bits per heavy atom. The molecule has 0 saturated carbocycles. The fraction of sp³-hybridized carbons (Fsp3) is 0.278. The smallest absolute Gasteiger partial charge is 0.269 e. The van der Waals surface area contributed by atoms with Crippen molar-refractivity contribution in [1.29, 1.82) is 0 Å². The predicted molar refractivity (Wildman–Crippen MR) is 95.8 cm³/mol. The van der Waals surface area contributed by atoms with Crippen LogP contribution >= 0.6 is 0 Å². The molecule has 0 aliphatic carbocycles. The molecule has 0 fully saturated rings. The Morgan fingerprint density at radius 2 is 2.00 bits per heavy atom. The van der Waals surface area contributed by atoms with E-state index in [1.165, 1.54) is 18.2 Å². The van der Waals surface area contributed by atoms with Crippen molar-refractivity contribution in [2.75, 3.05) is 6.54 Å². The highest BCUT2D eigenvalue weighted by Crippen LogP contribution is 2.16. The minimum Gasteiger partial charge on any atom is -0.357 e. The predicted octanol–water partition coefficient (Wildman–Crippen LogP) is 3.69. The first-order chi connectivity index (χ1) is 12.4. The Labute approximate surface area is 150 Å². The van der Waals surface area contributed by atoms with Gasteiger partial charge in [-0.05, 0) is 37.1 Å². The van der Waals surface area contributed by atoms with Gasteiger partial charge < -0.3 is 10.6 Å². The Hall–Kier alpha value is -3.03. The van der Waals surface area contributed by atoms with E-state index in [4.69, 9.17) is 0 Å². The molecule has 0 aliphatic heterocycles. The molecule has 0 radical (unpaired) electrons. The van der Waals surface area contributed by atoms with Gasteiger partial charge in [-0.25, -0.2) is 13.8 Å². The molecule has 1 atom stereocenters. The van der Waals surface area contributed by atoms with Crippen molar-refractivity contribution in [1.82, 2.24) is 10.6 Å². The third-order valence-corrected chi connectivity index (χ3v) is 3.68. The van der Waals surface area contributed by atoms with Crippen LogP contribution in [-0.4, -0.2) is 17.4 Å². The summed E-state index contributed by atoms with van der Waals surface area (Å²) >= 11 is 0. The fourth-order valence-electron chi connectivity index (χ4n) is 2.33. The SMILES string of the molecule is CCNC(=NCc1cccc([N+](=O)[O-])c1)NC(C)c1ccc(F)c(F)c1. The number of aliphatic imine (C=N–C) groups is 1. The molecule has 1 unspecified atom stereocenters. The molecule has 138 valence electrons. The van der Waals surface area contributed by atoms with Gasteiger partial charge in [-0.3, -0.25) is 10.1 Å². The number of halogens is 2. The standard InChI is InChI=1S/C18H20F2N4O2/c1-3-21-18(22-11-13-5-4-6-15(9-13)24(25)26)23-12(2)14-7-8-16(19)17(20)10-14/h4-10,12H,3,11H2,1-2H3,(H2,21,22,23). The monoisotopic (exact) mass is 362 g/mol. The first kappa shape index (κ1) is 19.3. The molecular formula is C18H20F2N4O2. The quantitative estimate of drug-likeness (QED) is 0.355. The molecule has 0 bridgehead atoms. The average Bonchev–Trinajstić information content (AvgIpc) is 2.62. The molecular weight excluding hydrogens is 342 g/mol. The van der Waals surface area contributed by atoms with E-state index in [2.05, 4.69) is 15.6 Å². The van der Waals surface area contributed by atoms with Gasteiger partial charge in [-0.2, -0.15) is 0 Å². The molecule has 0 spiro atoms. The van der Waals surface area contributed by atoms with Crippen LogP contribution in [-0.2, 0) is 6.54 Å². The molecule has 2 aromatic carbocycles. The lowest BCUT2D eigenvalue weighted by Gasteiger charge is -2.18. The largest absolute Gasteiger partial charge is 0.357 e. The summed E-state index contributed by atoms with van der Waals surface area (Å²) in [5.74, 6) is -1.34. The van der Waals surface area contributed by atoms with Gasteiger partial charge in [0.1, 0.15) is 0 Å². The Bertz CT molecular complexity index is 812. The van der Waals surface area contributed by atoms with Crippen molar-refractivity contribution in [3.05, 3.63) is 75.3 Å². The lowest BCUT2D eigenvalue weighted by Crippen LogP contribution is -2.38. The molecule has 0 aromatic heterocycles. The fourth-order valence-corrected chi connectivity index (χ4v) is 2.33. The van der Waals surface area contributed by atoms with Crippen molar-refractivity contribution in [2.45, 2.75) is 26.4 Å². The molecule has 0 saturated heterocycles. The first-order valence-electron chi connectivity index (χ1n) is 8.13. The number of non-ortho nitro benzene ring substituents is 1. The number of hydrogen-bond donors (Lipinski definition) is 2. The second kappa shape index (κ2) is 8.89. The van der Waals surface area contributed by atoms with E-state index in [0.717, 1.165) is 12.1 Å². The van der Waals surface area contributed by atoms with Gasteiger partial charge in [0.25, 0.3) is 5.69 Å². The van der Waals surface area contributed by atoms with Crippen LogP contribution in [0.15, 0.2) is 47.5 Å².